The van der Waals surface area contributed by atoms with Crippen molar-refractivity contribution < 1.29 is 4.74 Å². The number of aliphatic imine (C=N–C) groups is 1. The minimum atomic E-state index is 0.656. The number of nitrogens with one attached hydrogen (secondary N) is 2. The second-order valence-corrected chi connectivity index (χ2v) is 5.65. The van der Waals surface area contributed by atoms with Crippen molar-refractivity contribution in [2.24, 2.45) is 4.99 Å². The molecule has 128 valence electrons. The Balaban J connectivity index is 1.88. The minimum absolute atomic E-state index is 0.656. The van der Waals surface area contributed by atoms with Crippen LogP contribution < -0.4 is 20.3 Å². The maximum absolute atomic E-state index is 5.37. The Kier molecular flexibility index (Phi) is 6.49. The number of nitrogens with zero attached hydrogens (tertiary/aromatic N) is 2. The van der Waals surface area contributed by atoms with Gasteiger partial charge < -0.3 is 20.3 Å². The Hall–Kier alpha value is -2.69. The lowest BCUT2D eigenvalue weighted by molar-refractivity contribution is 0.409. The van der Waals surface area contributed by atoms with Crippen molar-refractivity contribution in [1.82, 2.24) is 10.6 Å². The predicted octanol–water partition coefficient (Wildman–Crippen LogP) is 2.63. The summed E-state index contributed by atoms with van der Waals surface area (Å²) in [6.07, 6.45) is 0. The van der Waals surface area contributed by atoms with Gasteiger partial charge in [-0.15, -0.1) is 0 Å². The van der Waals surface area contributed by atoms with Crippen LogP contribution in [-0.4, -0.2) is 34.2 Å². The van der Waals surface area contributed by atoms with Gasteiger partial charge in [-0.05, 0) is 23.8 Å². The van der Waals surface area contributed by atoms with E-state index in [4.69, 9.17) is 4.74 Å². The lowest BCUT2D eigenvalue weighted by atomic mass is 10.2. The molecule has 0 saturated heterocycles. The summed E-state index contributed by atoms with van der Waals surface area (Å²) in [5.41, 5.74) is 3.50. The van der Waals surface area contributed by atoms with Crippen molar-refractivity contribution in [3.05, 3.63) is 59.7 Å². The van der Waals surface area contributed by atoms with Gasteiger partial charge in [0.05, 0.1) is 7.11 Å². The smallest absolute Gasteiger partial charge is 0.191 e. The summed E-state index contributed by atoms with van der Waals surface area (Å²) in [5.74, 6) is 1.64. The molecule has 0 spiro atoms. The molecule has 0 heterocycles. The molecule has 2 N–H and O–H groups in total. The summed E-state index contributed by atoms with van der Waals surface area (Å²) in [5, 5.41) is 6.64. The third kappa shape index (κ3) is 4.91. The van der Waals surface area contributed by atoms with Crippen LogP contribution in [0, 0.1) is 0 Å². The quantitative estimate of drug-likeness (QED) is 0.633. The molecule has 0 bridgehead atoms. The van der Waals surface area contributed by atoms with E-state index in [1.807, 2.05) is 38.4 Å². The van der Waals surface area contributed by atoms with Crippen LogP contribution in [0.15, 0.2) is 53.5 Å². The molecule has 0 amide bonds. The summed E-state index contributed by atoms with van der Waals surface area (Å²) >= 11 is 0. The Morgan fingerprint density at radius 1 is 1.00 bits per heavy atom. The van der Waals surface area contributed by atoms with Crippen LogP contribution in [0.4, 0.5) is 5.69 Å². The largest absolute Gasteiger partial charge is 0.496 e. The lowest BCUT2D eigenvalue weighted by Crippen LogP contribution is -2.36. The van der Waals surface area contributed by atoms with Gasteiger partial charge >= 0.3 is 0 Å². The first-order valence-electron chi connectivity index (χ1n) is 7.96. The third-order valence-electron chi connectivity index (χ3n) is 3.78. The number of anilines is 1. The first-order chi connectivity index (χ1) is 11.6. The van der Waals surface area contributed by atoms with Crippen LogP contribution in [0.25, 0.3) is 0 Å². The van der Waals surface area contributed by atoms with Crippen LogP contribution in [0.5, 0.6) is 5.75 Å². The highest BCUT2D eigenvalue weighted by Gasteiger charge is 2.03. The third-order valence-corrected chi connectivity index (χ3v) is 3.78. The number of guanidine groups is 1. The highest BCUT2D eigenvalue weighted by molar-refractivity contribution is 5.79. The van der Waals surface area contributed by atoms with Crippen LogP contribution in [0.1, 0.15) is 11.1 Å². The molecule has 0 aliphatic heterocycles. The summed E-state index contributed by atoms with van der Waals surface area (Å²) in [4.78, 5) is 6.35. The fourth-order valence-corrected chi connectivity index (χ4v) is 2.35. The van der Waals surface area contributed by atoms with Gasteiger partial charge in [-0.3, -0.25) is 4.99 Å². The van der Waals surface area contributed by atoms with Crippen LogP contribution in [0.3, 0.4) is 0 Å². The zero-order chi connectivity index (χ0) is 17.4. The van der Waals surface area contributed by atoms with Gasteiger partial charge in [0.2, 0.25) is 0 Å². The Morgan fingerprint density at radius 3 is 2.29 bits per heavy atom. The number of para-hydroxylation sites is 1. The van der Waals surface area contributed by atoms with Gasteiger partial charge in [-0.1, -0.05) is 30.3 Å². The van der Waals surface area contributed by atoms with Crippen molar-refractivity contribution in [3.8, 4) is 5.75 Å². The molecular weight excluding hydrogens is 300 g/mol. The average molecular weight is 326 g/mol. The van der Waals surface area contributed by atoms with Crippen LogP contribution in [-0.2, 0) is 13.1 Å². The number of benzene rings is 2. The second kappa shape index (κ2) is 8.82. The molecule has 0 aliphatic carbocycles. The van der Waals surface area contributed by atoms with E-state index in [0.29, 0.717) is 6.54 Å². The fraction of sp³-hybridized carbons (Fsp3) is 0.316. The zero-order valence-corrected chi connectivity index (χ0v) is 14.8. The fourth-order valence-electron chi connectivity index (χ4n) is 2.35. The van der Waals surface area contributed by atoms with Gasteiger partial charge in [0, 0.05) is 45.5 Å². The van der Waals surface area contributed by atoms with E-state index in [9.17, 15) is 0 Å². The van der Waals surface area contributed by atoms with E-state index in [0.717, 1.165) is 23.8 Å². The highest BCUT2D eigenvalue weighted by Crippen LogP contribution is 2.16. The normalized spacial score (nSPS) is 11.1. The summed E-state index contributed by atoms with van der Waals surface area (Å²) < 4.78 is 5.37. The van der Waals surface area contributed by atoms with Crippen molar-refractivity contribution in [3.63, 3.8) is 0 Å². The van der Waals surface area contributed by atoms with Crippen molar-refractivity contribution in [1.29, 1.82) is 0 Å². The molecule has 2 aromatic rings. The molecule has 24 heavy (non-hydrogen) atoms. The lowest BCUT2D eigenvalue weighted by Gasteiger charge is -2.15. The molecule has 0 atom stereocenters. The highest BCUT2D eigenvalue weighted by atomic mass is 16.5. The predicted molar refractivity (Wildman–Crippen MR) is 101 cm³/mol. The molecule has 0 unspecified atom stereocenters. The Bertz CT molecular complexity index is 665. The number of hydrogen-bond acceptors (Lipinski definition) is 3. The van der Waals surface area contributed by atoms with Crippen LogP contribution in [0.2, 0.25) is 0 Å². The number of rotatable bonds is 6. The van der Waals surface area contributed by atoms with E-state index in [2.05, 4.69) is 44.8 Å². The minimum Gasteiger partial charge on any atom is -0.496 e. The molecular formula is C19H26N4O. The van der Waals surface area contributed by atoms with Gasteiger partial charge in [0.25, 0.3) is 0 Å². The molecule has 0 radical (unpaired) electrons. The van der Waals surface area contributed by atoms with Crippen molar-refractivity contribution in [2.45, 2.75) is 13.1 Å². The molecule has 5 nitrogen and oxygen atoms in total. The van der Waals surface area contributed by atoms with Crippen molar-refractivity contribution >= 4 is 11.6 Å². The van der Waals surface area contributed by atoms with Crippen LogP contribution >= 0.6 is 0 Å². The zero-order valence-electron chi connectivity index (χ0n) is 14.8. The molecule has 2 rings (SSSR count). The summed E-state index contributed by atoms with van der Waals surface area (Å²) in [7, 11) is 7.53. The Labute approximate surface area is 144 Å². The first-order valence-corrected chi connectivity index (χ1v) is 7.96. The number of methoxy groups -OCH3 is 1. The maximum atomic E-state index is 5.37. The van der Waals surface area contributed by atoms with Gasteiger partial charge in [-0.2, -0.15) is 0 Å². The van der Waals surface area contributed by atoms with Gasteiger partial charge in [0.15, 0.2) is 5.96 Å². The standard InChI is InChI=1S/C19H26N4O/c1-20-19(22-14-16-7-5-6-8-18(16)24-4)21-13-15-9-11-17(12-10-15)23(2)3/h5-12H,13-14H2,1-4H3,(H2,20,21,22). The number of hydrogen-bond donors (Lipinski definition) is 2. The van der Waals surface area contributed by atoms with Gasteiger partial charge in [-0.25, -0.2) is 0 Å². The molecule has 2 aromatic carbocycles. The van der Waals surface area contributed by atoms with E-state index in [1.54, 1.807) is 14.2 Å². The Morgan fingerprint density at radius 2 is 1.67 bits per heavy atom. The van der Waals surface area contributed by atoms with Crippen molar-refractivity contribution in [2.75, 3.05) is 33.2 Å². The topological polar surface area (TPSA) is 48.9 Å². The number of ether oxygens (including phenoxy) is 1. The molecule has 0 aliphatic rings. The molecule has 0 aromatic heterocycles. The SMILES string of the molecule is CN=C(NCc1ccc(N(C)C)cc1)NCc1ccccc1OC. The monoisotopic (exact) mass is 326 g/mol. The molecule has 0 fully saturated rings. The second-order valence-electron chi connectivity index (χ2n) is 5.65. The van der Waals surface area contributed by atoms with E-state index < -0.39 is 0 Å². The summed E-state index contributed by atoms with van der Waals surface area (Å²) in [6, 6.07) is 16.4. The maximum Gasteiger partial charge on any atom is 0.191 e. The van der Waals surface area contributed by atoms with Gasteiger partial charge in [0.1, 0.15) is 5.75 Å². The van der Waals surface area contributed by atoms with E-state index >= 15 is 0 Å². The first kappa shape index (κ1) is 17.7. The molecule has 5 heteroatoms. The summed E-state index contributed by atoms with van der Waals surface area (Å²) in [6.45, 7) is 1.38. The average Bonchev–Trinajstić information content (AvgIpc) is 2.62. The van der Waals surface area contributed by atoms with E-state index in [-0.39, 0.29) is 0 Å². The molecule has 0 saturated carbocycles. The van der Waals surface area contributed by atoms with E-state index in [1.165, 1.54) is 11.3 Å².